The lowest BCUT2D eigenvalue weighted by atomic mass is 10.1. The third-order valence-corrected chi connectivity index (χ3v) is 3.84. The molecule has 0 aliphatic carbocycles. The Morgan fingerprint density at radius 1 is 1.47 bits per heavy atom. The molecule has 0 radical (unpaired) electrons. The summed E-state index contributed by atoms with van der Waals surface area (Å²) in [7, 11) is -3.61. The van der Waals surface area contributed by atoms with Gasteiger partial charge in [0.05, 0.1) is 11.0 Å². The lowest BCUT2D eigenvalue weighted by Gasteiger charge is -2.12. The van der Waals surface area contributed by atoms with Crippen molar-refractivity contribution in [3.8, 4) is 0 Å². The summed E-state index contributed by atoms with van der Waals surface area (Å²) in [4.78, 5) is 0.181. The van der Waals surface area contributed by atoms with Crippen LogP contribution < -0.4 is 10.5 Å². The van der Waals surface area contributed by atoms with Crippen molar-refractivity contribution in [1.29, 1.82) is 0 Å². The summed E-state index contributed by atoms with van der Waals surface area (Å²) in [5.74, 6) is 0. The molecule has 0 aliphatic heterocycles. The fraction of sp³-hybridized carbons (Fsp3) is 0.455. The molecule has 0 spiro atoms. The molecule has 5 nitrogen and oxygen atoms in total. The molecular weight excluding hydrogens is 240 g/mol. The van der Waals surface area contributed by atoms with Crippen molar-refractivity contribution < 1.29 is 13.5 Å². The van der Waals surface area contributed by atoms with E-state index in [1.54, 1.807) is 12.1 Å². The van der Waals surface area contributed by atoms with Gasteiger partial charge in [-0.25, -0.2) is 13.1 Å². The van der Waals surface area contributed by atoms with E-state index < -0.39 is 16.1 Å². The SMILES string of the molecule is CCc1ccc(N)cc1S(=O)(=O)NCC(C)O. The maximum Gasteiger partial charge on any atom is 0.241 e. The molecule has 0 heterocycles. The molecule has 0 saturated carbocycles. The first-order chi connectivity index (χ1) is 7.86. The Hall–Kier alpha value is -1.11. The van der Waals surface area contributed by atoms with Gasteiger partial charge in [0.25, 0.3) is 0 Å². The zero-order valence-corrected chi connectivity index (χ0v) is 10.8. The van der Waals surface area contributed by atoms with Gasteiger partial charge in [-0.05, 0) is 31.0 Å². The molecule has 4 N–H and O–H groups in total. The van der Waals surface area contributed by atoms with Gasteiger partial charge < -0.3 is 10.8 Å². The number of anilines is 1. The zero-order valence-electron chi connectivity index (χ0n) is 9.97. The second-order valence-electron chi connectivity index (χ2n) is 3.92. The largest absolute Gasteiger partial charge is 0.399 e. The van der Waals surface area contributed by atoms with Gasteiger partial charge in [-0.3, -0.25) is 0 Å². The van der Waals surface area contributed by atoms with E-state index >= 15 is 0 Å². The summed E-state index contributed by atoms with van der Waals surface area (Å²) in [5.41, 5.74) is 6.70. The van der Waals surface area contributed by atoms with E-state index in [2.05, 4.69) is 4.72 Å². The lowest BCUT2D eigenvalue weighted by Crippen LogP contribution is -2.31. The van der Waals surface area contributed by atoms with Gasteiger partial charge in [-0.15, -0.1) is 0 Å². The molecule has 6 heteroatoms. The molecule has 0 aromatic heterocycles. The number of nitrogens with one attached hydrogen (secondary N) is 1. The Balaban J connectivity index is 3.09. The topological polar surface area (TPSA) is 92.4 Å². The average Bonchev–Trinajstić information content (AvgIpc) is 2.26. The number of nitrogen functional groups attached to an aromatic ring is 1. The van der Waals surface area contributed by atoms with Gasteiger partial charge in [0.2, 0.25) is 10.0 Å². The monoisotopic (exact) mass is 258 g/mol. The summed E-state index contributed by atoms with van der Waals surface area (Å²) >= 11 is 0. The Labute approximate surface area is 102 Å². The minimum Gasteiger partial charge on any atom is -0.399 e. The van der Waals surface area contributed by atoms with Gasteiger partial charge in [0.1, 0.15) is 0 Å². The Morgan fingerprint density at radius 2 is 2.12 bits per heavy atom. The molecule has 0 saturated heterocycles. The zero-order chi connectivity index (χ0) is 13.1. The highest BCUT2D eigenvalue weighted by atomic mass is 32.2. The summed E-state index contributed by atoms with van der Waals surface area (Å²) < 4.78 is 26.3. The first-order valence-corrected chi connectivity index (χ1v) is 6.91. The Kier molecular flexibility index (Phi) is 4.50. The maximum atomic E-state index is 12.0. The fourth-order valence-corrected chi connectivity index (χ4v) is 2.89. The van der Waals surface area contributed by atoms with Crippen LogP contribution in [0.2, 0.25) is 0 Å². The smallest absolute Gasteiger partial charge is 0.241 e. The molecule has 1 aromatic carbocycles. The second-order valence-corrected chi connectivity index (χ2v) is 5.66. The molecule has 0 aliphatic rings. The quantitative estimate of drug-likeness (QED) is 0.670. The van der Waals surface area contributed by atoms with Crippen molar-refractivity contribution in [3.05, 3.63) is 23.8 Å². The van der Waals surface area contributed by atoms with Gasteiger partial charge in [-0.1, -0.05) is 13.0 Å². The van der Waals surface area contributed by atoms with Crippen molar-refractivity contribution in [2.45, 2.75) is 31.3 Å². The summed E-state index contributed by atoms with van der Waals surface area (Å²) in [6, 6.07) is 4.81. The summed E-state index contributed by atoms with van der Waals surface area (Å²) in [5, 5.41) is 9.09. The van der Waals surface area contributed by atoms with E-state index in [9.17, 15) is 8.42 Å². The predicted molar refractivity (Wildman–Crippen MR) is 67.1 cm³/mol. The van der Waals surface area contributed by atoms with E-state index in [1.807, 2.05) is 6.92 Å². The summed E-state index contributed by atoms with van der Waals surface area (Å²) in [6.45, 7) is 3.38. The van der Waals surface area contributed by atoms with Crippen LogP contribution >= 0.6 is 0 Å². The molecule has 96 valence electrons. The van der Waals surface area contributed by atoms with Crippen LogP contribution in [0, 0.1) is 0 Å². The molecule has 17 heavy (non-hydrogen) atoms. The highest BCUT2D eigenvalue weighted by Gasteiger charge is 2.18. The van der Waals surface area contributed by atoms with Gasteiger partial charge in [0.15, 0.2) is 0 Å². The molecule has 0 amide bonds. The van der Waals surface area contributed by atoms with Crippen LogP contribution in [-0.4, -0.2) is 26.2 Å². The maximum absolute atomic E-state index is 12.0. The number of hydrogen-bond donors (Lipinski definition) is 3. The first kappa shape index (κ1) is 14.0. The summed E-state index contributed by atoms with van der Waals surface area (Å²) in [6.07, 6.45) is -0.124. The van der Waals surface area contributed by atoms with Crippen molar-refractivity contribution in [2.75, 3.05) is 12.3 Å². The van der Waals surface area contributed by atoms with Crippen LogP contribution in [0.5, 0.6) is 0 Å². The highest BCUT2D eigenvalue weighted by Crippen LogP contribution is 2.19. The van der Waals surface area contributed by atoms with Crippen LogP contribution in [0.3, 0.4) is 0 Å². The lowest BCUT2D eigenvalue weighted by molar-refractivity contribution is 0.198. The van der Waals surface area contributed by atoms with E-state index in [4.69, 9.17) is 10.8 Å². The first-order valence-electron chi connectivity index (χ1n) is 5.43. The number of nitrogens with two attached hydrogens (primary N) is 1. The van der Waals surface area contributed by atoms with E-state index in [0.29, 0.717) is 17.7 Å². The van der Waals surface area contributed by atoms with Crippen LogP contribution in [0.1, 0.15) is 19.4 Å². The van der Waals surface area contributed by atoms with E-state index in [1.165, 1.54) is 13.0 Å². The number of aliphatic hydroxyl groups excluding tert-OH is 1. The van der Waals surface area contributed by atoms with Crippen molar-refractivity contribution in [1.82, 2.24) is 4.72 Å². The van der Waals surface area contributed by atoms with Crippen LogP contribution in [-0.2, 0) is 16.4 Å². The number of sulfonamides is 1. The normalized spacial score (nSPS) is 13.6. The second kappa shape index (κ2) is 5.48. The molecule has 1 rings (SSSR count). The minimum absolute atomic E-state index is 0.0136. The Morgan fingerprint density at radius 3 is 2.65 bits per heavy atom. The third-order valence-electron chi connectivity index (χ3n) is 2.33. The standard InChI is InChI=1S/C11H18N2O3S/c1-3-9-4-5-10(12)6-11(9)17(15,16)13-7-8(2)14/h4-6,8,13-14H,3,7,12H2,1-2H3. The van der Waals surface area contributed by atoms with Crippen molar-refractivity contribution >= 4 is 15.7 Å². The van der Waals surface area contributed by atoms with Crippen LogP contribution in [0.15, 0.2) is 23.1 Å². The Bertz CT molecular complexity index is 483. The number of aliphatic hydroxyl groups is 1. The molecule has 1 unspecified atom stereocenters. The van der Waals surface area contributed by atoms with Crippen LogP contribution in [0.25, 0.3) is 0 Å². The van der Waals surface area contributed by atoms with Crippen LogP contribution in [0.4, 0.5) is 5.69 Å². The van der Waals surface area contributed by atoms with Gasteiger partial charge in [-0.2, -0.15) is 0 Å². The molecule has 0 bridgehead atoms. The van der Waals surface area contributed by atoms with E-state index in [-0.39, 0.29) is 11.4 Å². The average molecular weight is 258 g/mol. The third kappa shape index (κ3) is 3.69. The van der Waals surface area contributed by atoms with E-state index in [0.717, 1.165) is 0 Å². The molecule has 0 fully saturated rings. The van der Waals surface area contributed by atoms with Crippen molar-refractivity contribution in [2.24, 2.45) is 0 Å². The fourth-order valence-electron chi connectivity index (χ4n) is 1.42. The molecular formula is C11H18N2O3S. The molecule has 1 aromatic rings. The van der Waals surface area contributed by atoms with Gasteiger partial charge >= 0.3 is 0 Å². The number of benzene rings is 1. The minimum atomic E-state index is -3.61. The number of aryl methyl sites for hydroxylation is 1. The molecule has 1 atom stereocenters. The predicted octanol–water partition coefficient (Wildman–Crippen LogP) is 0.490. The number of hydrogen-bond acceptors (Lipinski definition) is 4. The van der Waals surface area contributed by atoms with Gasteiger partial charge in [0, 0.05) is 12.2 Å². The highest BCUT2D eigenvalue weighted by molar-refractivity contribution is 7.89. The number of rotatable bonds is 5. The van der Waals surface area contributed by atoms with Crippen molar-refractivity contribution in [3.63, 3.8) is 0 Å².